The summed E-state index contributed by atoms with van der Waals surface area (Å²) in [7, 11) is -3.66. The molecule has 2 aromatic carbocycles. The molecule has 0 saturated heterocycles. The lowest BCUT2D eigenvalue weighted by Gasteiger charge is -2.15. The first kappa shape index (κ1) is 19.5. The van der Waals surface area contributed by atoms with Crippen molar-refractivity contribution in [3.63, 3.8) is 0 Å². The van der Waals surface area contributed by atoms with Gasteiger partial charge < -0.3 is 16.2 Å². The summed E-state index contributed by atoms with van der Waals surface area (Å²) in [4.78, 5) is 15.7. The Labute approximate surface area is 152 Å². The molecular formula is C18H21N3O4S. The van der Waals surface area contributed by atoms with Gasteiger partial charge in [-0.2, -0.15) is 4.99 Å². The smallest absolute Gasteiger partial charge is 0.280 e. The van der Waals surface area contributed by atoms with Crippen molar-refractivity contribution in [2.24, 2.45) is 16.5 Å². The van der Waals surface area contributed by atoms with Crippen molar-refractivity contribution in [3.05, 3.63) is 53.1 Å². The average Bonchev–Trinajstić information content (AvgIpc) is 2.54. The standard InChI is InChI=1S/C18H21N3O4S/c1-4-12-9-15(25-14-8-6-5-7-11(14)2)16(26(3,23)24)10-13(12)17(22)21-18(19)20/h5-10H,4H2,1-3H3,(H4,19,20,21,22). The monoisotopic (exact) mass is 375 g/mol. The van der Waals surface area contributed by atoms with Gasteiger partial charge in [0.2, 0.25) is 0 Å². The number of nitrogens with two attached hydrogens (primary N) is 2. The van der Waals surface area contributed by atoms with Crippen LogP contribution in [0.3, 0.4) is 0 Å². The van der Waals surface area contributed by atoms with Crippen LogP contribution >= 0.6 is 0 Å². The predicted octanol–water partition coefficient (Wildman–Crippen LogP) is 2.17. The molecule has 0 aliphatic rings. The molecular weight excluding hydrogens is 354 g/mol. The van der Waals surface area contributed by atoms with Crippen molar-refractivity contribution in [1.29, 1.82) is 0 Å². The second kappa shape index (κ2) is 7.57. The van der Waals surface area contributed by atoms with Crippen LogP contribution in [0, 0.1) is 6.92 Å². The van der Waals surface area contributed by atoms with Gasteiger partial charge in [0.05, 0.1) is 0 Å². The highest BCUT2D eigenvalue weighted by atomic mass is 32.2. The molecule has 0 radical (unpaired) electrons. The molecule has 8 heteroatoms. The second-order valence-electron chi connectivity index (χ2n) is 5.79. The summed E-state index contributed by atoms with van der Waals surface area (Å²) < 4.78 is 30.3. The number of sulfone groups is 1. The van der Waals surface area contributed by atoms with Gasteiger partial charge in [-0.3, -0.25) is 4.79 Å². The fourth-order valence-corrected chi connectivity index (χ4v) is 3.23. The topological polar surface area (TPSA) is 125 Å². The van der Waals surface area contributed by atoms with Gasteiger partial charge in [-0.25, -0.2) is 8.42 Å². The Balaban J connectivity index is 2.67. The maximum Gasteiger partial charge on any atom is 0.280 e. The van der Waals surface area contributed by atoms with E-state index in [-0.39, 0.29) is 16.2 Å². The van der Waals surface area contributed by atoms with Crippen LogP contribution in [0.2, 0.25) is 0 Å². The van der Waals surface area contributed by atoms with E-state index in [9.17, 15) is 13.2 Å². The average molecular weight is 375 g/mol. The Kier molecular flexibility index (Phi) is 5.66. The molecule has 1 amide bonds. The van der Waals surface area contributed by atoms with Gasteiger partial charge in [0, 0.05) is 11.8 Å². The third-order valence-electron chi connectivity index (χ3n) is 3.72. The van der Waals surface area contributed by atoms with Crippen LogP contribution in [-0.4, -0.2) is 26.5 Å². The number of carbonyl (C=O) groups excluding carboxylic acids is 1. The molecule has 138 valence electrons. The molecule has 0 atom stereocenters. The zero-order valence-corrected chi connectivity index (χ0v) is 15.6. The molecule has 0 unspecified atom stereocenters. The Bertz CT molecular complexity index is 978. The number of benzene rings is 2. The van der Waals surface area contributed by atoms with Crippen molar-refractivity contribution in [3.8, 4) is 11.5 Å². The van der Waals surface area contributed by atoms with E-state index < -0.39 is 21.7 Å². The highest BCUT2D eigenvalue weighted by molar-refractivity contribution is 7.90. The summed E-state index contributed by atoms with van der Waals surface area (Å²) in [5.41, 5.74) is 12.1. The first-order chi connectivity index (χ1) is 12.1. The van der Waals surface area contributed by atoms with Gasteiger partial charge in [0.25, 0.3) is 5.91 Å². The van der Waals surface area contributed by atoms with Crippen molar-refractivity contribution in [2.45, 2.75) is 25.2 Å². The highest BCUT2D eigenvalue weighted by Gasteiger charge is 2.22. The summed E-state index contributed by atoms with van der Waals surface area (Å²) in [6, 6.07) is 10.0. The Morgan fingerprint density at radius 1 is 1.15 bits per heavy atom. The Morgan fingerprint density at radius 3 is 2.35 bits per heavy atom. The number of amides is 1. The number of hydrogen-bond donors (Lipinski definition) is 2. The molecule has 2 aromatic rings. The second-order valence-corrected chi connectivity index (χ2v) is 7.78. The number of ether oxygens (including phenoxy) is 1. The molecule has 0 saturated carbocycles. The van der Waals surface area contributed by atoms with Gasteiger partial charge in [0.15, 0.2) is 15.8 Å². The molecule has 0 aromatic heterocycles. The fourth-order valence-electron chi connectivity index (χ4n) is 2.43. The zero-order chi connectivity index (χ0) is 19.5. The van der Waals surface area contributed by atoms with E-state index in [1.807, 2.05) is 26.0 Å². The molecule has 0 aliphatic heterocycles. The molecule has 0 bridgehead atoms. The van der Waals surface area contributed by atoms with Crippen LogP contribution in [-0.2, 0) is 16.3 Å². The quantitative estimate of drug-likeness (QED) is 0.609. The first-order valence-corrected chi connectivity index (χ1v) is 9.77. The minimum Gasteiger partial charge on any atom is -0.456 e. The number of hydrogen-bond acceptors (Lipinski definition) is 4. The third-order valence-corrected chi connectivity index (χ3v) is 4.84. The summed E-state index contributed by atoms with van der Waals surface area (Å²) in [6.07, 6.45) is 1.52. The number of carbonyl (C=O) groups is 1. The van der Waals surface area contributed by atoms with E-state index in [0.717, 1.165) is 11.8 Å². The minimum atomic E-state index is -3.66. The maximum atomic E-state index is 12.3. The number of guanidine groups is 1. The van der Waals surface area contributed by atoms with Crippen LogP contribution in [0.1, 0.15) is 28.4 Å². The van der Waals surface area contributed by atoms with Crippen molar-refractivity contribution < 1.29 is 17.9 Å². The highest BCUT2D eigenvalue weighted by Crippen LogP contribution is 2.33. The Hall–Kier alpha value is -2.87. The molecule has 0 fully saturated rings. The van der Waals surface area contributed by atoms with E-state index in [0.29, 0.717) is 17.7 Å². The van der Waals surface area contributed by atoms with Gasteiger partial charge in [-0.15, -0.1) is 0 Å². The minimum absolute atomic E-state index is 0.105. The lowest BCUT2D eigenvalue weighted by Crippen LogP contribution is -2.24. The normalized spacial score (nSPS) is 11.0. The molecule has 0 aliphatic carbocycles. The zero-order valence-electron chi connectivity index (χ0n) is 14.8. The molecule has 26 heavy (non-hydrogen) atoms. The molecule has 4 N–H and O–H groups in total. The van der Waals surface area contributed by atoms with Crippen LogP contribution in [0.4, 0.5) is 0 Å². The molecule has 0 heterocycles. The van der Waals surface area contributed by atoms with E-state index in [2.05, 4.69) is 4.99 Å². The number of aliphatic imine (C=N–C) groups is 1. The lowest BCUT2D eigenvalue weighted by atomic mass is 10.0. The number of nitrogens with zero attached hydrogens (tertiary/aromatic N) is 1. The first-order valence-electron chi connectivity index (χ1n) is 7.88. The Morgan fingerprint density at radius 2 is 1.81 bits per heavy atom. The SMILES string of the molecule is CCc1cc(Oc2ccccc2C)c(S(C)(=O)=O)cc1C(=O)N=C(N)N. The van der Waals surface area contributed by atoms with Crippen LogP contribution in [0.15, 0.2) is 46.3 Å². The molecule has 7 nitrogen and oxygen atoms in total. The predicted molar refractivity (Wildman–Crippen MR) is 100 cm³/mol. The summed E-state index contributed by atoms with van der Waals surface area (Å²) in [6.45, 7) is 3.69. The van der Waals surface area contributed by atoms with E-state index in [4.69, 9.17) is 16.2 Å². The fraction of sp³-hybridized carbons (Fsp3) is 0.222. The van der Waals surface area contributed by atoms with Gasteiger partial charge in [0.1, 0.15) is 16.4 Å². The van der Waals surface area contributed by atoms with Gasteiger partial charge in [-0.1, -0.05) is 25.1 Å². The molecule has 0 spiro atoms. The summed E-state index contributed by atoms with van der Waals surface area (Å²) in [5.74, 6) is -0.407. The van der Waals surface area contributed by atoms with Crippen molar-refractivity contribution >= 4 is 21.7 Å². The van der Waals surface area contributed by atoms with Gasteiger partial charge >= 0.3 is 0 Å². The summed E-state index contributed by atoms with van der Waals surface area (Å²) in [5, 5.41) is 0. The van der Waals surface area contributed by atoms with Crippen molar-refractivity contribution in [2.75, 3.05) is 6.26 Å². The van der Waals surface area contributed by atoms with Crippen LogP contribution < -0.4 is 16.2 Å². The number of aryl methyl sites for hydroxylation is 2. The maximum absolute atomic E-state index is 12.3. The van der Waals surface area contributed by atoms with E-state index in [1.54, 1.807) is 12.1 Å². The van der Waals surface area contributed by atoms with E-state index >= 15 is 0 Å². The number of para-hydroxylation sites is 1. The van der Waals surface area contributed by atoms with Crippen LogP contribution in [0.5, 0.6) is 11.5 Å². The third kappa shape index (κ3) is 4.40. The van der Waals surface area contributed by atoms with Crippen LogP contribution in [0.25, 0.3) is 0 Å². The molecule has 2 rings (SSSR count). The number of rotatable bonds is 5. The lowest BCUT2D eigenvalue weighted by molar-refractivity contribution is 0.100. The largest absolute Gasteiger partial charge is 0.456 e. The van der Waals surface area contributed by atoms with Crippen molar-refractivity contribution in [1.82, 2.24) is 0 Å². The summed E-state index contributed by atoms with van der Waals surface area (Å²) >= 11 is 0. The van der Waals surface area contributed by atoms with E-state index in [1.165, 1.54) is 12.1 Å². The van der Waals surface area contributed by atoms with Gasteiger partial charge in [-0.05, 0) is 42.7 Å².